The first-order valence-electron chi connectivity index (χ1n) is 6.89. The Bertz CT molecular complexity index is 639. The molecule has 1 atom stereocenters. The van der Waals surface area contributed by atoms with Crippen molar-refractivity contribution in [3.8, 4) is 0 Å². The highest BCUT2D eigenvalue weighted by molar-refractivity contribution is 5.95. The number of methoxy groups -OCH3 is 1. The van der Waals surface area contributed by atoms with Crippen LogP contribution in [0, 0.1) is 0 Å². The predicted molar refractivity (Wildman–Crippen MR) is 84.5 cm³/mol. The molecule has 2 aromatic carbocycles. The third kappa shape index (κ3) is 4.17. The Kier molecular flexibility index (Phi) is 5.27. The number of carbonyl (C=O) groups is 2. The number of amides is 1. The van der Waals surface area contributed by atoms with Crippen molar-refractivity contribution < 1.29 is 14.3 Å². The summed E-state index contributed by atoms with van der Waals surface area (Å²) in [6, 6.07) is 15.4. The summed E-state index contributed by atoms with van der Waals surface area (Å²) in [5, 5.41) is 2.73. The fourth-order valence-corrected chi connectivity index (χ4v) is 2.00. The minimum absolute atomic E-state index is 0.269. The van der Waals surface area contributed by atoms with Gasteiger partial charge in [-0.3, -0.25) is 4.79 Å². The normalized spacial score (nSPS) is 11.5. The Balaban J connectivity index is 1.95. The molecule has 1 unspecified atom stereocenters. The van der Waals surface area contributed by atoms with Crippen LogP contribution in [0.4, 0.5) is 5.69 Å². The van der Waals surface area contributed by atoms with Crippen LogP contribution < -0.4 is 11.1 Å². The number of nitrogens with two attached hydrogens (primary N) is 1. The lowest BCUT2D eigenvalue weighted by molar-refractivity contribution is -0.117. The molecule has 0 radical (unpaired) electrons. The van der Waals surface area contributed by atoms with Crippen LogP contribution in [0.25, 0.3) is 0 Å². The van der Waals surface area contributed by atoms with Crippen LogP contribution in [0.1, 0.15) is 15.9 Å². The van der Waals surface area contributed by atoms with E-state index in [-0.39, 0.29) is 5.91 Å². The van der Waals surface area contributed by atoms with E-state index in [9.17, 15) is 9.59 Å². The molecule has 3 N–H and O–H groups in total. The van der Waals surface area contributed by atoms with Gasteiger partial charge in [0.1, 0.15) is 0 Å². The number of benzene rings is 2. The van der Waals surface area contributed by atoms with Crippen molar-refractivity contribution in [3.05, 3.63) is 65.7 Å². The van der Waals surface area contributed by atoms with Gasteiger partial charge < -0.3 is 15.8 Å². The van der Waals surface area contributed by atoms with Gasteiger partial charge in [-0.05, 0) is 36.2 Å². The summed E-state index contributed by atoms with van der Waals surface area (Å²) in [4.78, 5) is 23.4. The number of esters is 1. The molecule has 0 aliphatic carbocycles. The Labute approximate surface area is 129 Å². The van der Waals surface area contributed by atoms with Crippen molar-refractivity contribution in [3.63, 3.8) is 0 Å². The summed E-state index contributed by atoms with van der Waals surface area (Å²) in [7, 11) is 1.32. The van der Waals surface area contributed by atoms with Crippen LogP contribution in [0.3, 0.4) is 0 Å². The summed E-state index contributed by atoms with van der Waals surface area (Å²) in [6.07, 6.45) is 0.465. The fourth-order valence-electron chi connectivity index (χ4n) is 2.00. The van der Waals surface area contributed by atoms with Crippen molar-refractivity contribution >= 4 is 17.6 Å². The van der Waals surface area contributed by atoms with Crippen LogP contribution in [-0.4, -0.2) is 25.0 Å². The topological polar surface area (TPSA) is 81.4 Å². The molecule has 5 nitrogen and oxygen atoms in total. The standard InChI is InChI=1S/C17H18N2O3/c1-22-17(21)13-7-9-14(10-8-13)19-16(20)15(18)11-12-5-3-2-4-6-12/h2-10,15H,11,18H2,1H3,(H,19,20). The predicted octanol–water partition coefficient (Wildman–Crippen LogP) is 1.98. The fraction of sp³-hybridized carbons (Fsp3) is 0.176. The molecule has 0 spiro atoms. The number of carbonyl (C=O) groups excluding carboxylic acids is 2. The molecule has 0 aromatic heterocycles. The zero-order valence-corrected chi connectivity index (χ0v) is 12.3. The minimum Gasteiger partial charge on any atom is -0.465 e. The van der Waals surface area contributed by atoms with Gasteiger partial charge in [0, 0.05) is 5.69 Å². The Hall–Kier alpha value is -2.66. The SMILES string of the molecule is COC(=O)c1ccc(NC(=O)C(N)Cc2ccccc2)cc1. The van der Waals surface area contributed by atoms with E-state index < -0.39 is 12.0 Å². The molecular formula is C17H18N2O3. The maximum atomic E-state index is 12.1. The zero-order valence-electron chi connectivity index (χ0n) is 12.3. The smallest absolute Gasteiger partial charge is 0.337 e. The molecule has 0 heterocycles. The van der Waals surface area contributed by atoms with E-state index in [0.717, 1.165) is 5.56 Å². The third-order valence-electron chi connectivity index (χ3n) is 3.21. The molecule has 2 rings (SSSR count). The highest BCUT2D eigenvalue weighted by Crippen LogP contribution is 2.11. The first kappa shape index (κ1) is 15.7. The molecule has 2 aromatic rings. The second-order valence-electron chi connectivity index (χ2n) is 4.85. The molecule has 0 fully saturated rings. The van der Waals surface area contributed by atoms with E-state index in [0.29, 0.717) is 17.7 Å². The molecule has 0 saturated heterocycles. The van der Waals surface area contributed by atoms with Crippen molar-refractivity contribution in [1.82, 2.24) is 0 Å². The lowest BCUT2D eigenvalue weighted by atomic mass is 10.1. The van der Waals surface area contributed by atoms with Gasteiger partial charge in [-0.1, -0.05) is 30.3 Å². The number of hydrogen-bond donors (Lipinski definition) is 2. The van der Waals surface area contributed by atoms with E-state index in [4.69, 9.17) is 5.73 Å². The maximum Gasteiger partial charge on any atom is 0.337 e. The Morgan fingerprint density at radius 1 is 1.09 bits per heavy atom. The summed E-state index contributed by atoms with van der Waals surface area (Å²) in [6.45, 7) is 0. The summed E-state index contributed by atoms with van der Waals surface area (Å²) >= 11 is 0. The van der Waals surface area contributed by atoms with Crippen LogP contribution in [0.5, 0.6) is 0 Å². The van der Waals surface area contributed by atoms with Gasteiger partial charge in [0.2, 0.25) is 5.91 Å². The largest absolute Gasteiger partial charge is 0.465 e. The quantitative estimate of drug-likeness (QED) is 0.827. The van der Waals surface area contributed by atoms with Crippen molar-refractivity contribution in [1.29, 1.82) is 0 Å². The molecule has 22 heavy (non-hydrogen) atoms. The molecule has 0 aliphatic rings. The molecule has 5 heteroatoms. The molecule has 0 saturated carbocycles. The number of rotatable bonds is 5. The minimum atomic E-state index is -0.636. The van der Waals surface area contributed by atoms with Gasteiger partial charge >= 0.3 is 5.97 Å². The summed E-state index contributed by atoms with van der Waals surface area (Å²) < 4.78 is 4.62. The lowest BCUT2D eigenvalue weighted by Gasteiger charge is -2.12. The number of anilines is 1. The van der Waals surface area contributed by atoms with Crippen LogP contribution in [0.2, 0.25) is 0 Å². The highest BCUT2D eigenvalue weighted by atomic mass is 16.5. The van der Waals surface area contributed by atoms with Crippen molar-refractivity contribution in [2.75, 3.05) is 12.4 Å². The second kappa shape index (κ2) is 7.38. The van der Waals surface area contributed by atoms with E-state index in [1.807, 2.05) is 30.3 Å². The lowest BCUT2D eigenvalue weighted by Crippen LogP contribution is -2.37. The highest BCUT2D eigenvalue weighted by Gasteiger charge is 2.14. The number of nitrogens with one attached hydrogen (secondary N) is 1. The average molecular weight is 298 g/mol. The van der Waals surface area contributed by atoms with Gasteiger partial charge in [0.25, 0.3) is 0 Å². The molecule has 0 bridgehead atoms. The Morgan fingerprint density at radius 3 is 2.32 bits per heavy atom. The van der Waals surface area contributed by atoms with Crippen molar-refractivity contribution in [2.24, 2.45) is 5.73 Å². The Morgan fingerprint density at radius 2 is 1.73 bits per heavy atom. The first-order valence-corrected chi connectivity index (χ1v) is 6.89. The molecule has 114 valence electrons. The van der Waals surface area contributed by atoms with Crippen LogP contribution in [-0.2, 0) is 16.0 Å². The van der Waals surface area contributed by atoms with E-state index in [1.54, 1.807) is 24.3 Å². The summed E-state index contributed by atoms with van der Waals surface area (Å²) in [5.41, 5.74) is 7.93. The van der Waals surface area contributed by atoms with Gasteiger partial charge in [-0.25, -0.2) is 4.79 Å². The van der Waals surface area contributed by atoms with E-state index >= 15 is 0 Å². The van der Waals surface area contributed by atoms with Crippen LogP contribution >= 0.6 is 0 Å². The number of hydrogen-bond acceptors (Lipinski definition) is 4. The summed E-state index contributed by atoms with van der Waals surface area (Å²) in [5.74, 6) is -0.687. The third-order valence-corrected chi connectivity index (χ3v) is 3.21. The van der Waals surface area contributed by atoms with E-state index in [2.05, 4.69) is 10.1 Å². The number of ether oxygens (including phenoxy) is 1. The average Bonchev–Trinajstić information content (AvgIpc) is 2.55. The van der Waals surface area contributed by atoms with Gasteiger partial charge in [0.05, 0.1) is 18.7 Å². The van der Waals surface area contributed by atoms with Crippen LogP contribution in [0.15, 0.2) is 54.6 Å². The monoisotopic (exact) mass is 298 g/mol. The zero-order chi connectivity index (χ0) is 15.9. The maximum absolute atomic E-state index is 12.1. The van der Waals surface area contributed by atoms with Gasteiger partial charge in [-0.2, -0.15) is 0 Å². The van der Waals surface area contributed by atoms with Crippen molar-refractivity contribution in [2.45, 2.75) is 12.5 Å². The van der Waals surface area contributed by atoms with Gasteiger partial charge in [0.15, 0.2) is 0 Å². The molecule has 0 aliphatic heterocycles. The second-order valence-corrected chi connectivity index (χ2v) is 4.85. The first-order chi connectivity index (χ1) is 10.6. The van der Waals surface area contributed by atoms with E-state index in [1.165, 1.54) is 7.11 Å². The molecular weight excluding hydrogens is 280 g/mol. The van der Waals surface area contributed by atoms with Gasteiger partial charge in [-0.15, -0.1) is 0 Å². The molecule has 1 amide bonds.